The molecule has 0 atom stereocenters. The van der Waals surface area contributed by atoms with E-state index in [2.05, 4.69) is 6.58 Å². The average Bonchev–Trinajstić information content (AvgIpc) is 2.07. The number of rotatable bonds is 2. The van der Waals surface area contributed by atoms with Gasteiger partial charge in [-0.1, -0.05) is 18.2 Å². The van der Waals surface area contributed by atoms with Gasteiger partial charge in [0, 0.05) is 5.56 Å². The first-order chi connectivity index (χ1) is 6.06. The van der Waals surface area contributed by atoms with Crippen molar-refractivity contribution in [2.75, 3.05) is 0 Å². The highest BCUT2D eigenvalue weighted by atomic mass is 16.1. The maximum atomic E-state index is 10.6. The minimum Gasteiger partial charge on any atom is -0.298 e. The summed E-state index contributed by atoms with van der Waals surface area (Å²) in [5, 5.41) is 0. The minimum absolute atomic E-state index is 0.766. The van der Waals surface area contributed by atoms with E-state index in [1.54, 1.807) is 0 Å². The molecule has 0 N–H and O–H groups in total. The molecule has 1 aromatic rings. The Morgan fingerprint density at radius 2 is 1.92 bits per heavy atom. The van der Waals surface area contributed by atoms with Crippen molar-refractivity contribution in [1.82, 2.24) is 0 Å². The van der Waals surface area contributed by atoms with Crippen LogP contribution in [0.2, 0.25) is 0 Å². The van der Waals surface area contributed by atoms with Gasteiger partial charge in [-0.3, -0.25) is 4.79 Å². The topological polar surface area (TPSA) is 17.1 Å². The minimum atomic E-state index is 0.766. The first-order valence-electron chi connectivity index (χ1n) is 4.28. The third-order valence-electron chi connectivity index (χ3n) is 2.20. The van der Waals surface area contributed by atoms with Gasteiger partial charge in [0.2, 0.25) is 0 Å². The summed E-state index contributed by atoms with van der Waals surface area (Å²) in [5.41, 5.74) is 5.07. The van der Waals surface area contributed by atoms with Crippen LogP contribution in [-0.4, -0.2) is 6.29 Å². The highest BCUT2D eigenvalue weighted by molar-refractivity contribution is 5.79. The van der Waals surface area contributed by atoms with Gasteiger partial charge in [-0.15, -0.1) is 0 Å². The van der Waals surface area contributed by atoms with Crippen LogP contribution in [0.4, 0.5) is 0 Å². The molecule has 0 saturated heterocycles. The Labute approximate surface area is 79.1 Å². The lowest BCUT2D eigenvalue weighted by molar-refractivity contribution is 0.112. The number of aryl methyl sites for hydroxylation is 2. The summed E-state index contributed by atoms with van der Waals surface area (Å²) in [4.78, 5) is 10.6. The molecule has 0 saturated carbocycles. The smallest absolute Gasteiger partial charge is 0.150 e. The Morgan fingerprint density at radius 1 is 1.31 bits per heavy atom. The second-order valence-corrected chi connectivity index (χ2v) is 3.42. The van der Waals surface area contributed by atoms with Crippen LogP contribution in [0.25, 0.3) is 5.57 Å². The second kappa shape index (κ2) is 3.56. The Bertz CT molecular complexity index is 362. The summed E-state index contributed by atoms with van der Waals surface area (Å²) < 4.78 is 0. The molecule has 0 aliphatic carbocycles. The Morgan fingerprint density at radius 3 is 2.38 bits per heavy atom. The zero-order valence-corrected chi connectivity index (χ0v) is 8.35. The Hall–Kier alpha value is -1.37. The predicted octanol–water partition coefficient (Wildman–Crippen LogP) is 3.15. The van der Waals surface area contributed by atoms with Crippen LogP contribution < -0.4 is 0 Å². The van der Waals surface area contributed by atoms with Crippen LogP contribution >= 0.6 is 0 Å². The highest BCUT2D eigenvalue weighted by Crippen LogP contribution is 2.20. The fourth-order valence-electron chi connectivity index (χ4n) is 1.43. The van der Waals surface area contributed by atoms with Crippen LogP contribution in [0, 0.1) is 13.8 Å². The van der Waals surface area contributed by atoms with Crippen molar-refractivity contribution < 1.29 is 4.79 Å². The SMILES string of the molecule is C=C(C)c1cc(C)c(C=O)cc1C. The molecule has 0 fully saturated rings. The molecule has 0 heterocycles. The van der Waals surface area contributed by atoms with E-state index in [1.807, 2.05) is 32.9 Å². The van der Waals surface area contributed by atoms with E-state index in [4.69, 9.17) is 0 Å². The van der Waals surface area contributed by atoms with Crippen molar-refractivity contribution in [1.29, 1.82) is 0 Å². The maximum Gasteiger partial charge on any atom is 0.150 e. The number of aldehydes is 1. The molecule has 0 unspecified atom stereocenters. The van der Waals surface area contributed by atoms with E-state index < -0.39 is 0 Å². The number of hydrogen-bond donors (Lipinski definition) is 0. The van der Waals surface area contributed by atoms with Gasteiger partial charge >= 0.3 is 0 Å². The van der Waals surface area contributed by atoms with E-state index in [0.717, 1.165) is 34.1 Å². The Balaban J connectivity index is 3.36. The van der Waals surface area contributed by atoms with Gasteiger partial charge in [-0.2, -0.15) is 0 Å². The first-order valence-corrected chi connectivity index (χ1v) is 4.28. The standard InChI is InChI=1S/C12H14O/c1-8(2)12-6-9(3)11(7-13)5-10(12)4/h5-7H,1H2,2-4H3. The van der Waals surface area contributed by atoms with Crippen LogP contribution in [0.3, 0.4) is 0 Å². The van der Waals surface area contributed by atoms with Gasteiger partial charge in [0.05, 0.1) is 0 Å². The first kappa shape index (κ1) is 9.72. The molecule has 68 valence electrons. The molecule has 0 aromatic heterocycles. The lowest BCUT2D eigenvalue weighted by atomic mass is 9.97. The van der Waals surface area contributed by atoms with E-state index in [1.165, 1.54) is 0 Å². The van der Waals surface area contributed by atoms with Gasteiger partial charge < -0.3 is 0 Å². The third-order valence-corrected chi connectivity index (χ3v) is 2.20. The summed E-state index contributed by atoms with van der Waals surface area (Å²) in [7, 11) is 0. The van der Waals surface area contributed by atoms with Gasteiger partial charge in [0.15, 0.2) is 0 Å². The van der Waals surface area contributed by atoms with E-state index in [0.29, 0.717) is 0 Å². The molecule has 13 heavy (non-hydrogen) atoms. The van der Waals surface area contributed by atoms with Gasteiger partial charge in [0.25, 0.3) is 0 Å². The summed E-state index contributed by atoms with van der Waals surface area (Å²) in [6, 6.07) is 3.92. The highest BCUT2D eigenvalue weighted by Gasteiger charge is 2.03. The molecule has 1 rings (SSSR count). The lowest BCUT2D eigenvalue weighted by Crippen LogP contribution is -1.92. The van der Waals surface area contributed by atoms with Crippen molar-refractivity contribution in [3.63, 3.8) is 0 Å². The number of hydrogen-bond acceptors (Lipinski definition) is 1. The van der Waals surface area contributed by atoms with Crippen LogP contribution in [0.5, 0.6) is 0 Å². The summed E-state index contributed by atoms with van der Waals surface area (Å²) in [6.07, 6.45) is 0.893. The number of carbonyl (C=O) groups is 1. The molecule has 1 heteroatoms. The molecule has 0 spiro atoms. The van der Waals surface area contributed by atoms with Crippen molar-refractivity contribution in [2.24, 2.45) is 0 Å². The molecular formula is C12H14O. The van der Waals surface area contributed by atoms with Gasteiger partial charge in [0.1, 0.15) is 6.29 Å². The fraction of sp³-hybridized carbons (Fsp3) is 0.250. The monoisotopic (exact) mass is 174 g/mol. The van der Waals surface area contributed by atoms with Crippen molar-refractivity contribution >= 4 is 11.9 Å². The van der Waals surface area contributed by atoms with Gasteiger partial charge in [-0.05, 0) is 43.5 Å². The van der Waals surface area contributed by atoms with Crippen LogP contribution in [-0.2, 0) is 0 Å². The quantitative estimate of drug-likeness (QED) is 0.629. The molecule has 1 nitrogen and oxygen atoms in total. The van der Waals surface area contributed by atoms with Crippen LogP contribution in [0.15, 0.2) is 18.7 Å². The number of benzene rings is 1. The van der Waals surface area contributed by atoms with Crippen molar-refractivity contribution in [2.45, 2.75) is 20.8 Å². The number of allylic oxidation sites excluding steroid dienone is 1. The molecule has 0 radical (unpaired) electrons. The van der Waals surface area contributed by atoms with Crippen molar-refractivity contribution in [3.8, 4) is 0 Å². The molecule has 0 bridgehead atoms. The van der Waals surface area contributed by atoms with E-state index in [-0.39, 0.29) is 0 Å². The van der Waals surface area contributed by atoms with Gasteiger partial charge in [-0.25, -0.2) is 0 Å². The average molecular weight is 174 g/mol. The van der Waals surface area contributed by atoms with E-state index >= 15 is 0 Å². The number of carbonyl (C=O) groups excluding carboxylic acids is 1. The third kappa shape index (κ3) is 1.86. The summed E-state index contributed by atoms with van der Waals surface area (Å²) in [5.74, 6) is 0. The lowest BCUT2D eigenvalue weighted by Gasteiger charge is -2.08. The molecule has 0 amide bonds. The molecule has 0 aliphatic heterocycles. The van der Waals surface area contributed by atoms with E-state index in [9.17, 15) is 4.79 Å². The fourth-order valence-corrected chi connectivity index (χ4v) is 1.43. The maximum absolute atomic E-state index is 10.6. The van der Waals surface area contributed by atoms with Crippen LogP contribution in [0.1, 0.15) is 34.0 Å². The summed E-state index contributed by atoms with van der Waals surface area (Å²) >= 11 is 0. The second-order valence-electron chi connectivity index (χ2n) is 3.42. The van der Waals surface area contributed by atoms with Crippen molar-refractivity contribution in [3.05, 3.63) is 41.0 Å². The molecular weight excluding hydrogens is 160 g/mol. The largest absolute Gasteiger partial charge is 0.298 e. The Kier molecular flexibility index (Phi) is 2.66. The zero-order valence-electron chi connectivity index (χ0n) is 8.35. The predicted molar refractivity (Wildman–Crippen MR) is 56.0 cm³/mol. The molecule has 0 aliphatic rings. The summed E-state index contributed by atoms with van der Waals surface area (Å²) in [6.45, 7) is 9.81. The molecule has 1 aromatic carbocycles. The normalized spacial score (nSPS) is 9.77. The zero-order chi connectivity index (χ0) is 10.0.